The number of nitrogens with zero attached hydrogens (tertiary/aromatic N) is 3. The third-order valence-electron chi connectivity index (χ3n) is 6.68. The molecule has 0 saturated carbocycles. The Morgan fingerprint density at radius 2 is 0.944 bits per heavy atom. The van der Waals surface area contributed by atoms with Crippen LogP contribution in [-0.4, -0.2) is 15.0 Å². The van der Waals surface area contributed by atoms with Crippen molar-refractivity contribution >= 4 is 32.6 Å². The van der Waals surface area contributed by atoms with Gasteiger partial charge in [-0.15, -0.1) is 0 Å². The van der Waals surface area contributed by atoms with E-state index in [9.17, 15) is 0 Å². The molecule has 0 atom stereocenters. The fourth-order valence-electron chi connectivity index (χ4n) is 4.78. The van der Waals surface area contributed by atoms with Crippen molar-refractivity contribution in [2.75, 3.05) is 0 Å². The van der Waals surface area contributed by atoms with Crippen LogP contribution in [0.25, 0.3) is 66.4 Å². The van der Waals surface area contributed by atoms with Crippen LogP contribution >= 0.6 is 0 Å². The Morgan fingerprint density at radius 1 is 0.361 bits per heavy atom. The molecule has 3 nitrogen and oxygen atoms in total. The smallest absolute Gasteiger partial charge is 0.0893 e. The number of aromatic nitrogens is 3. The van der Waals surface area contributed by atoms with Crippen LogP contribution in [0.3, 0.4) is 0 Å². The van der Waals surface area contributed by atoms with E-state index in [-0.39, 0.29) is 0 Å². The van der Waals surface area contributed by atoms with Crippen molar-refractivity contribution in [3.63, 3.8) is 0 Å². The molecule has 3 heteroatoms. The molecule has 0 amide bonds. The molecule has 0 aliphatic carbocycles. The monoisotopic (exact) mass is 459 g/mol. The highest BCUT2D eigenvalue weighted by Crippen LogP contribution is 2.30. The first-order chi connectivity index (χ1) is 17.8. The van der Waals surface area contributed by atoms with E-state index in [2.05, 4.69) is 102 Å². The zero-order valence-electron chi connectivity index (χ0n) is 19.5. The number of hydrogen-bond acceptors (Lipinski definition) is 3. The second-order valence-electron chi connectivity index (χ2n) is 8.98. The van der Waals surface area contributed by atoms with Gasteiger partial charge in [-0.05, 0) is 76.5 Å². The molecule has 7 rings (SSSR count). The van der Waals surface area contributed by atoms with E-state index in [1.807, 2.05) is 24.3 Å². The summed E-state index contributed by atoms with van der Waals surface area (Å²) in [6, 6.07) is 42.1. The number of rotatable bonds is 3. The predicted molar refractivity (Wildman–Crippen MR) is 149 cm³/mol. The molecule has 0 aliphatic heterocycles. The minimum Gasteiger partial charge on any atom is -0.255 e. The summed E-state index contributed by atoms with van der Waals surface area (Å²) in [4.78, 5) is 14.2. The summed E-state index contributed by atoms with van der Waals surface area (Å²) in [7, 11) is 0. The molecule has 3 aromatic heterocycles. The summed E-state index contributed by atoms with van der Waals surface area (Å²) in [6.45, 7) is 0. The van der Waals surface area contributed by atoms with E-state index >= 15 is 0 Å². The zero-order valence-corrected chi connectivity index (χ0v) is 19.5. The van der Waals surface area contributed by atoms with Crippen molar-refractivity contribution in [1.29, 1.82) is 0 Å². The van der Waals surface area contributed by atoms with Gasteiger partial charge in [0.2, 0.25) is 0 Å². The molecule has 0 N–H and O–H groups in total. The van der Waals surface area contributed by atoms with E-state index in [0.717, 1.165) is 50.0 Å². The SMILES string of the molecule is c1ccc(-c2ccc3cc(-c4ccc5nc(-c6ccc7ccccc7c6)ccc5c4)ccc3n2)nc1. The Morgan fingerprint density at radius 3 is 1.67 bits per heavy atom. The van der Waals surface area contributed by atoms with Crippen molar-refractivity contribution in [3.05, 3.63) is 128 Å². The highest BCUT2D eigenvalue weighted by Gasteiger charge is 2.07. The molecule has 7 aromatic rings. The van der Waals surface area contributed by atoms with Gasteiger partial charge in [0.15, 0.2) is 0 Å². The Hall–Kier alpha value is -4.89. The molecular weight excluding hydrogens is 438 g/mol. The Bertz CT molecular complexity index is 1890. The second-order valence-corrected chi connectivity index (χ2v) is 8.98. The lowest BCUT2D eigenvalue weighted by molar-refractivity contribution is 1.28. The van der Waals surface area contributed by atoms with Crippen LogP contribution in [0.4, 0.5) is 0 Å². The molecule has 0 unspecified atom stereocenters. The number of benzene rings is 4. The molecule has 0 fully saturated rings. The molecule has 0 aliphatic rings. The van der Waals surface area contributed by atoms with E-state index < -0.39 is 0 Å². The first kappa shape index (κ1) is 20.5. The Kier molecular flexibility index (Phi) is 4.78. The van der Waals surface area contributed by atoms with Crippen molar-refractivity contribution in [2.45, 2.75) is 0 Å². The maximum Gasteiger partial charge on any atom is 0.0893 e. The minimum atomic E-state index is 0.883. The van der Waals surface area contributed by atoms with Crippen LogP contribution in [0.15, 0.2) is 128 Å². The van der Waals surface area contributed by atoms with Gasteiger partial charge in [-0.3, -0.25) is 4.98 Å². The van der Waals surface area contributed by atoms with Gasteiger partial charge in [0.05, 0.1) is 28.1 Å². The first-order valence-corrected chi connectivity index (χ1v) is 12.0. The zero-order chi connectivity index (χ0) is 23.9. The fourth-order valence-corrected chi connectivity index (χ4v) is 4.78. The summed E-state index contributed by atoms with van der Waals surface area (Å²) < 4.78 is 0. The average molecular weight is 460 g/mol. The lowest BCUT2D eigenvalue weighted by Gasteiger charge is -2.08. The molecule has 168 valence electrons. The van der Waals surface area contributed by atoms with Crippen LogP contribution in [0.1, 0.15) is 0 Å². The van der Waals surface area contributed by atoms with Gasteiger partial charge >= 0.3 is 0 Å². The molecule has 3 heterocycles. The van der Waals surface area contributed by atoms with Crippen molar-refractivity contribution in [2.24, 2.45) is 0 Å². The van der Waals surface area contributed by atoms with Crippen LogP contribution in [0.5, 0.6) is 0 Å². The number of hydrogen-bond donors (Lipinski definition) is 0. The lowest BCUT2D eigenvalue weighted by Crippen LogP contribution is -1.89. The van der Waals surface area contributed by atoms with Gasteiger partial charge in [0.1, 0.15) is 0 Å². The second kappa shape index (κ2) is 8.40. The van der Waals surface area contributed by atoms with Crippen LogP contribution in [-0.2, 0) is 0 Å². The Balaban J connectivity index is 1.23. The van der Waals surface area contributed by atoms with Gasteiger partial charge in [-0.1, -0.05) is 66.7 Å². The summed E-state index contributed by atoms with van der Waals surface area (Å²) in [6.07, 6.45) is 1.80. The molecule has 0 saturated heterocycles. The molecule has 0 spiro atoms. The normalized spacial score (nSPS) is 11.3. The third-order valence-corrected chi connectivity index (χ3v) is 6.68. The number of fused-ring (bicyclic) bond motifs is 3. The van der Waals surface area contributed by atoms with E-state index in [4.69, 9.17) is 9.97 Å². The summed E-state index contributed by atoms with van der Waals surface area (Å²) >= 11 is 0. The molecular formula is C33H21N3. The van der Waals surface area contributed by atoms with Crippen LogP contribution in [0, 0.1) is 0 Å². The summed E-state index contributed by atoms with van der Waals surface area (Å²) in [5.74, 6) is 0. The van der Waals surface area contributed by atoms with Crippen molar-refractivity contribution in [3.8, 4) is 33.8 Å². The van der Waals surface area contributed by atoms with Crippen LogP contribution in [0.2, 0.25) is 0 Å². The van der Waals surface area contributed by atoms with Gasteiger partial charge in [0.25, 0.3) is 0 Å². The highest BCUT2D eigenvalue weighted by atomic mass is 14.8. The van der Waals surface area contributed by atoms with Gasteiger partial charge in [-0.25, -0.2) is 9.97 Å². The standard InChI is InChI=1S/C33H21N3/c1-2-6-23-19-26(9-8-22(23)5-1)30-16-12-27-20-24(10-14-29(27)35-30)25-11-15-31-28(21-25)13-17-33(36-31)32-7-3-4-18-34-32/h1-21H. The van der Waals surface area contributed by atoms with Gasteiger partial charge < -0.3 is 0 Å². The van der Waals surface area contributed by atoms with Gasteiger partial charge in [0, 0.05) is 22.5 Å². The summed E-state index contributed by atoms with van der Waals surface area (Å²) in [5.41, 5.74) is 8.17. The molecule has 0 radical (unpaired) electrons. The topological polar surface area (TPSA) is 38.7 Å². The van der Waals surface area contributed by atoms with Crippen molar-refractivity contribution in [1.82, 2.24) is 15.0 Å². The predicted octanol–water partition coefficient (Wildman–Crippen LogP) is 8.33. The molecule has 4 aromatic carbocycles. The van der Waals surface area contributed by atoms with E-state index in [1.54, 1.807) is 6.20 Å². The maximum absolute atomic E-state index is 4.96. The Labute approximate surface area is 208 Å². The summed E-state index contributed by atoms with van der Waals surface area (Å²) in [5, 5.41) is 4.70. The third kappa shape index (κ3) is 3.68. The molecule has 36 heavy (non-hydrogen) atoms. The van der Waals surface area contributed by atoms with E-state index in [0.29, 0.717) is 0 Å². The van der Waals surface area contributed by atoms with Crippen molar-refractivity contribution < 1.29 is 0 Å². The lowest BCUT2D eigenvalue weighted by atomic mass is 10.00. The average Bonchev–Trinajstić information content (AvgIpc) is 2.96. The maximum atomic E-state index is 4.96. The number of pyridine rings is 3. The fraction of sp³-hybridized carbons (Fsp3) is 0. The quantitative estimate of drug-likeness (QED) is 0.267. The first-order valence-electron chi connectivity index (χ1n) is 12.0. The minimum absolute atomic E-state index is 0.883. The van der Waals surface area contributed by atoms with Crippen LogP contribution < -0.4 is 0 Å². The molecule has 0 bridgehead atoms. The van der Waals surface area contributed by atoms with E-state index in [1.165, 1.54) is 16.3 Å². The van der Waals surface area contributed by atoms with Gasteiger partial charge in [-0.2, -0.15) is 0 Å². The largest absolute Gasteiger partial charge is 0.255 e. The highest BCUT2D eigenvalue weighted by molar-refractivity contribution is 5.91.